The molecule has 0 fully saturated rings. The standard InChI is InChI=1S/C17H21N3O2S/c1-5-22-15-8-6-7-14(16(15)21)10-19-20-13(4)11-23-17(20)18-9-12(2)3/h6-8,10-11,21H,2,5,9H2,1,3-4H3. The Morgan fingerprint density at radius 3 is 2.96 bits per heavy atom. The smallest absolute Gasteiger partial charge is 0.206 e. The van der Waals surface area contributed by atoms with Crippen molar-refractivity contribution in [2.24, 2.45) is 10.1 Å². The Balaban J connectivity index is 2.34. The van der Waals surface area contributed by atoms with Crippen molar-refractivity contribution in [2.45, 2.75) is 20.8 Å². The number of benzene rings is 1. The van der Waals surface area contributed by atoms with Crippen LogP contribution in [0.4, 0.5) is 0 Å². The molecular formula is C17H21N3O2S. The lowest BCUT2D eigenvalue weighted by Gasteiger charge is -2.07. The van der Waals surface area contributed by atoms with Gasteiger partial charge in [-0.15, -0.1) is 11.3 Å². The number of aromatic hydroxyl groups is 1. The molecule has 0 aliphatic heterocycles. The van der Waals surface area contributed by atoms with Crippen LogP contribution in [0, 0.1) is 6.92 Å². The molecule has 0 spiro atoms. The Hall–Kier alpha value is -2.34. The summed E-state index contributed by atoms with van der Waals surface area (Å²) >= 11 is 1.52. The molecule has 0 amide bonds. The first-order chi connectivity index (χ1) is 11.0. The SMILES string of the molecule is C=C(C)CN=c1scc(C)n1N=Cc1cccc(OCC)c1O. The van der Waals surface area contributed by atoms with Crippen molar-refractivity contribution in [3.63, 3.8) is 0 Å². The molecular weight excluding hydrogens is 310 g/mol. The van der Waals surface area contributed by atoms with E-state index in [0.29, 0.717) is 24.5 Å². The monoisotopic (exact) mass is 331 g/mol. The van der Waals surface area contributed by atoms with Crippen molar-refractivity contribution in [3.8, 4) is 11.5 Å². The fourth-order valence-electron chi connectivity index (χ4n) is 1.87. The normalized spacial score (nSPS) is 12.0. The quantitative estimate of drug-likeness (QED) is 0.652. The van der Waals surface area contributed by atoms with E-state index in [4.69, 9.17) is 4.74 Å². The number of nitrogens with zero attached hydrogens (tertiary/aromatic N) is 3. The fraction of sp³-hybridized carbons (Fsp3) is 0.294. The molecule has 6 heteroatoms. The van der Waals surface area contributed by atoms with Gasteiger partial charge in [-0.1, -0.05) is 18.2 Å². The number of aryl methyl sites for hydroxylation is 1. The minimum Gasteiger partial charge on any atom is -0.504 e. The summed E-state index contributed by atoms with van der Waals surface area (Å²) in [4.78, 5) is 5.28. The Morgan fingerprint density at radius 2 is 2.26 bits per heavy atom. The third-order valence-electron chi connectivity index (χ3n) is 2.98. The highest BCUT2D eigenvalue weighted by molar-refractivity contribution is 7.07. The Morgan fingerprint density at radius 1 is 1.48 bits per heavy atom. The van der Waals surface area contributed by atoms with Gasteiger partial charge in [0.15, 0.2) is 11.5 Å². The van der Waals surface area contributed by atoms with E-state index in [-0.39, 0.29) is 5.75 Å². The Bertz CT molecular complexity index is 787. The summed E-state index contributed by atoms with van der Waals surface area (Å²) in [5, 5.41) is 16.6. The average Bonchev–Trinajstić information content (AvgIpc) is 2.86. The van der Waals surface area contributed by atoms with Crippen LogP contribution in [-0.2, 0) is 0 Å². The Labute approximate surface area is 139 Å². The van der Waals surface area contributed by atoms with Crippen molar-refractivity contribution in [1.29, 1.82) is 0 Å². The molecule has 0 aliphatic rings. The second-order valence-corrected chi connectivity index (χ2v) is 5.95. The largest absolute Gasteiger partial charge is 0.504 e. The zero-order valence-corrected chi connectivity index (χ0v) is 14.4. The summed E-state index contributed by atoms with van der Waals surface area (Å²) in [6.07, 6.45) is 1.61. The molecule has 2 aromatic rings. The van der Waals surface area contributed by atoms with Gasteiger partial charge in [0.25, 0.3) is 0 Å². The van der Waals surface area contributed by atoms with Gasteiger partial charge in [0.1, 0.15) is 0 Å². The molecule has 0 saturated carbocycles. The van der Waals surface area contributed by atoms with Crippen molar-refractivity contribution in [2.75, 3.05) is 13.2 Å². The van der Waals surface area contributed by atoms with Crippen molar-refractivity contribution < 1.29 is 9.84 Å². The first kappa shape index (κ1) is 17.0. The minimum absolute atomic E-state index is 0.0898. The summed E-state index contributed by atoms with van der Waals surface area (Å²) in [6.45, 7) is 10.7. The van der Waals surface area contributed by atoms with E-state index >= 15 is 0 Å². The first-order valence-electron chi connectivity index (χ1n) is 7.34. The van der Waals surface area contributed by atoms with Crippen molar-refractivity contribution in [3.05, 3.63) is 51.8 Å². The van der Waals surface area contributed by atoms with E-state index in [9.17, 15) is 5.11 Å². The highest BCUT2D eigenvalue weighted by Crippen LogP contribution is 2.28. The minimum atomic E-state index is 0.0898. The second kappa shape index (κ2) is 7.78. The predicted molar refractivity (Wildman–Crippen MR) is 94.6 cm³/mol. The van der Waals surface area contributed by atoms with Crippen LogP contribution in [0.3, 0.4) is 0 Å². The van der Waals surface area contributed by atoms with Gasteiger partial charge < -0.3 is 9.84 Å². The van der Waals surface area contributed by atoms with E-state index in [0.717, 1.165) is 16.1 Å². The van der Waals surface area contributed by atoms with Crippen LogP contribution in [0.15, 0.2) is 45.8 Å². The number of phenolic OH excluding ortho intramolecular Hbond substituents is 1. The molecule has 1 heterocycles. The van der Waals surface area contributed by atoms with E-state index in [1.165, 1.54) is 11.3 Å². The van der Waals surface area contributed by atoms with Gasteiger partial charge in [-0.25, -0.2) is 4.68 Å². The number of hydrogen-bond acceptors (Lipinski definition) is 5. The topological polar surface area (TPSA) is 59.1 Å². The maximum atomic E-state index is 10.2. The van der Waals surface area contributed by atoms with E-state index < -0.39 is 0 Å². The molecule has 23 heavy (non-hydrogen) atoms. The molecule has 0 radical (unpaired) electrons. The Kier molecular flexibility index (Phi) is 5.76. The number of para-hydroxylation sites is 1. The summed E-state index contributed by atoms with van der Waals surface area (Å²) in [5.41, 5.74) is 2.57. The van der Waals surface area contributed by atoms with Gasteiger partial charge in [0.2, 0.25) is 4.80 Å². The molecule has 0 unspecified atom stereocenters. The number of phenols is 1. The lowest BCUT2D eigenvalue weighted by molar-refractivity contribution is 0.318. The molecule has 5 nitrogen and oxygen atoms in total. The van der Waals surface area contributed by atoms with Crippen LogP contribution < -0.4 is 9.54 Å². The summed E-state index contributed by atoms with van der Waals surface area (Å²) in [7, 11) is 0. The lowest BCUT2D eigenvalue weighted by atomic mass is 10.2. The molecule has 1 aromatic carbocycles. The van der Waals surface area contributed by atoms with Crippen LogP contribution in [0.25, 0.3) is 0 Å². The van der Waals surface area contributed by atoms with Gasteiger partial charge in [-0.3, -0.25) is 4.99 Å². The molecule has 0 saturated heterocycles. The van der Waals surface area contributed by atoms with Crippen molar-refractivity contribution in [1.82, 2.24) is 4.68 Å². The molecule has 1 aromatic heterocycles. The van der Waals surface area contributed by atoms with Gasteiger partial charge >= 0.3 is 0 Å². The van der Waals surface area contributed by atoms with E-state index in [2.05, 4.69) is 16.7 Å². The second-order valence-electron chi connectivity index (χ2n) is 5.12. The zero-order chi connectivity index (χ0) is 16.8. The number of ether oxygens (including phenoxy) is 1. The van der Waals surface area contributed by atoms with Gasteiger partial charge in [0, 0.05) is 10.9 Å². The highest BCUT2D eigenvalue weighted by atomic mass is 32.1. The summed E-state index contributed by atoms with van der Waals surface area (Å²) < 4.78 is 7.13. The molecule has 1 N–H and O–H groups in total. The van der Waals surface area contributed by atoms with E-state index in [1.807, 2.05) is 32.2 Å². The van der Waals surface area contributed by atoms with Crippen LogP contribution in [-0.4, -0.2) is 29.1 Å². The van der Waals surface area contributed by atoms with Crippen LogP contribution >= 0.6 is 11.3 Å². The number of aromatic nitrogens is 1. The van der Waals surface area contributed by atoms with Crippen LogP contribution in [0.2, 0.25) is 0 Å². The summed E-state index contributed by atoms with van der Waals surface area (Å²) in [6, 6.07) is 5.34. The van der Waals surface area contributed by atoms with Crippen LogP contribution in [0.1, 0.15) is 25.1 Å². The maximum absolute atomic E-state index is 10.2. The third-order valence-corrected chi connectivity index (χ3v) is 3.95. The predicted octanol–water partition coefficient (Wildman–Crippen LogP) is 3.32. The van der Waals surface area contributed by atoms with E-state index in [1.54, 1.807) is 23.0 Å². The summed E-state index contributed by atoms with van der Waals surface area (Å²) in [5.74, 6) is 0.544. The molecule has 2 rings (SSSR count). The molecule has 122 valence electrons. The maximum Gasteiger partial charge on any atom is 0.206 e. The highest BCUT2D eigenvalue weighted by Gasteiger charge is 2.06. The number of hydrogen-bond donors (Lipinski definition) is 1. The molecule has 0 bridgehead atoms. The number of rotatable bonds is 6. The van der Waals surface area contributed by atoms with Crippen LogP contribution in [0.5, 0.6) is 11.5 Å². The van der Waals surface area contributed by atoms with Gasteiger partial charge in [-0.2, -0.15) is 5.10 Å². The third kappa shape index (κ3) is 4.32. The molecule has 0 atom stereocenters. The average molecular weight is 331 g/mol. The zero-order valence-electron chi connectivity index (χ0n) is 13.6. The van der Waals surface area contributed by atoms with Gasteiger partial charge in [-0.05, 0) is 32.9 Å². The molecule has 0 aliphatic carbocycles. The number of thiazole rings is 1. The fourth-order valence-corrected chi connectivity index (χ4v) is 2.68. The van der Waals surface area contributed by atoms with Crippen molar-refractivity contribution >= 4 is 17.6 Å². The van der Waals surface area contributed by atoms with Gasteiger partial charge in [0.05, 0.1) is 25.1 Å². The lowest BCUT2D eigenvalue weighted by Crippen LogP contribution is -2.13. The first-order valence-corrected chi connectivity index (χ1v) is 8.22.